The highest BCUT2D eigenvalue weighted by Gasteiger charge is 2.28. The Morgan fingerprint density at radius 3 is 3.00 bits per heavy atom. The molecule has 0 spiro atoms. The average molecular weight is 236 g/mol. The molecule has 1 atom stereocenters. The fraction of sp³-hybridized carbons (Fsp3) is 0.769. The van der Waals surface area contributed by atoms with E-state index in [2.05, 4.69) is 40.8 Å². The third-order valence-corrected chi connectivity index (χ3v) is 3.67. The Labute approximate surface area is 104 Å². The van der Waals surface area contributed by atoms with E-state index in [4.69, 9.17) is 0 Å². The van der Waals surface area contributed by atoms with Gasteiger partial charge in [0.15, 0.2) is 0 Å². The summed E-state index contributed by atoms with van der Waals surface area (Å²) in [4.78, 5) is 6.76. The molecule has 1 N–H and O–H groups in total. The topological polar surface area (TPSA) is 33.1 Å². The molecule has 0 bridgehead atoms. The molecule has 1 aromatic heterocycles. The zero-order valence-corrected chi connectivity index (χ0v) is 11.2. The molecule has 0 radical (unpaired) electrons. The highest BCUT2D eigenvalue weighted by Crippen LogP contribution is 2.26. The van der Waals surface area contributed by atoms with Crippen LogP contribution < -0.4 is 5.32 Å². The second-order valence-corrected chi connectivity index (χ2v) is 5.72. The Bertz CT molecular complexity index is 352. The Morgan fingerprint density at radius 1 is 1.59 bits per heavy atom. The van der Waals surface area contributed by atoms with E-state index in [-0.39, 0.29) is 0 Å². The second kappa shape index (κ2) is 5.19. The molecule has 2 rings (SSSR count). The first-order valence-electron chi connectivity index (χ1n) is 6.45. The van der Waals surface area contributed by atoms with Gasteiger partial charge in [-0.25, -0.2) is 4.98 Å². The van der Waals surface area contributed by atoms with Crippen molar-refractivity contribution in [3.05, 3.63) is 18.2 Å². The fourth-order valence-corrected chi connectivity index (χ4v) is 2.75. The van der Waals surface area contributed by atoms with E-state index in [9.17, 15) is 0 Å². The number of rotatable bonds is 4. The largest absolute Gasteiger partial charge is 0.337 e. The molecule has 1 unspecified atom stereocenters. The standard InChI is InChI=1S/C13H24N4/c1-13(5-4-6-14-10-13)11-16(2)9-12-15-7-8-17(12)3/h7-8,14H,4-6,9-11H2,1-3H3. The van der Waals surface area contributed by atoms with Crippen molar-refractivity contribution in [2.24, 2.45) is 12.5 Å². The van der Waals surface area contributed by atoms with Crippen molar-refractivity contribution in [1.29, 1.82) is 0 Å². The Morgan fingerprint density at radius 2 is 2.41 bits per heavy atom. The van der Waals surface area contributed by atoms with E-state index in [0.29, 0.717) is 5.41 Å². The van der Waals surface area contributed by atoms with E-state index in [1.54, 1.807) is 0 Å². The van der Waals surface area contributed by atoms with Crippen LogP contribution in [-0.2, 0) is 13.6 Å². The molecule has 4 heteroatoms. The lowest BCUT2D eigenvalue weighted by molar-refractivity contribution is 0.146. The minimum absolute atomic E-state index is 0.415. The first-order chi connectivity index (χ1) is 8.09. The molecule has 0 saturated carbocycles. The third-order valence-electron chi connectivity index (χ3n) is 3.67. The van der Waals surface area contributed by atoms with Crippen LogP contribution in [-0.4, -0.2) is 41.1 Å². The summed E-state index contributed by atoms with van der Waals surface area (Å²) in [5.74, 6) is 1.14. The normalized spacial score (nSPS) is 25.4. The lowest BCUT2D eigenvalue weighted by atomic mass is 9.82. The minimum atomic E-state index is 0.415. The molecule has 0 aromatic carbocycles. The Balaban J connectivity index is 1.88. The van der Waals surface area contributed by atoms with Gasteiger partial charge in [-0.05, 0) is 31.8 Å². The second-order valence-electron chi connectivity index (χ2n) is 5.72. The maximum absolute atomic E-state index is 4.38. The summed E-state index contributed by atoms with van der Waals surface area (Å²) >= 11 is 0. The predicted molar refractivity (Wildman–Crippen MR) is 69.8 cm³/mol. The van der Waals surface area contributed by atoms with Gasteiger partial charge in [0.1, 0.15) is 5.82 Å². The predicted octanol–water partition coefficient (Wildman–Crippen LogP) is 1.24. The number of hydrogen-bond donors (Lipinski definition) is 1. The van der Waals surface area contributed by atoms with Crippen molar-refractivity contribution in [2.45, 2.75) is 26.3 Å². The molecule has 1 fully saturated rings. The third kappa shape index (κ3) is 3.30. The Kier molecular flexibility index (Phi) is 3.84. The van der Waals surface area contributed by atoms with Crippen LogP contribution in [0.25, 0.3) is 0 Å². The van der Waals surface area contributed by atoms with Crippen molar-refractivity contribution < 1.29 is 0 Å². The monoisotopic (exact) mass is 236 g/mol. The molecule has 0 amide bonds. The lowest BCUT2D eigenvalue weighted by Gasteiger charge is -2.37. The van der Waals surface area contributed by atoms with Crippen molar-refractivity contribution in [3.8, 4) is 0 Å². The van der Waals surface area contributed by atoms with Gasteiger partial charge in [0.2, 0.25) is 0 Å². The summed E-state index contributed by atoms with van der Waals surface area (Å²) in [5, 5.41) is 3.50. The molecule has 17 heavy (non-hydrogen) atoms. The summed E-state index contributed by atoms with van der Waals surface area (Å²) in [6, 6.07) is 0. The molecule has 1 aromatic rings. The summed E-state index contributed by atoms with van der Waals surface area (Å²) in [5.41, 5.74) is 0.415. The van der Waals surface area contributed by atoms with Gasteiger partial charge >= 0.3 is 0 Å². The van der Waals surface area contributed by atoms with E-state index in [1.807, 2.05) is 12.4 Å². The number of aryl methyl sites for hydroxylation is 1. The maximum Gasteiger partial charge on any atom is 0.122 e. The SMILES string of the molecule is CN(Cc1nccn1C)CC1(C)CCCNC1. The molecule has 96 valence electrons. The van der Waals surface area contributed by atoms with Gasteiger partial charge in [-0.3, -0.25) is 4.90 Å². The van der Waals surface area contributed by atoms with Gasteiger partial charge in [-0.2, -0.15) is 0 Å². The van der Waals surface area contributed by atoms with Crippen LogP contribution in [0, 0.1) is 5.41 Å². The van der Waals surface area contributed by atoms with E-state index in [1.165, 1.54) is 19.4 Å². The number of piperidine rings is 1. The number of imidazole rings is 1. The zero-order chi connectivity index (χ0) is 12.3. The fourth-order valence-electron chi connectivity index (χ4n) is 2.75. The summed E-state index contributed by atoms with van der Waals surface area (Å²) in [6.07, 6.45) is 6.50. The highest BCUT2D eigenvalue weighted by atomic mass is 15.2. The van der Waals surface area contributed by atoms with Crippen LogP contribution >= 0.6 is 0 Å². The molecular weight excluding hydrogens is 212 g/mol. The molecule has 1 saturated heterocycles. The molecule has 2 heterocycles. The number of nitrogens with zero attached hydrogens (tertiary/aromatic N) is 3. The van der Waals surface area contributed by atoms with Crippen molar-refractivity contribution in [2.75, 3.05) is 26.7 Å². The van der Waals surface area contributed by atoms with E-state index in [0.717, 1.165) is 25.5 Å². The van der Waals surface area contributed by atoms with Gasteiger partial charge in [0.25, 0.3) is 0 Å². The smallest absolute Gasteiger partial charge is 0.122 e. The number of hydrogen-bond acceptors (Lipinski definition) is 3. The number of aromatic nitrogens is 2. The molecule has 1 aliphatic heterocycles. The van der Waals surface area contributed by atoms with Gasteiger partial charge in [0.05, 0.1) is 6.54 Å². The lowest BCUT2D eigenvalue weighted by Crippen LogP contribution is -2.44. The summed E-state index contributed by atoms with van der Waals surface area (Å²) < 4.78 is 2.10. The molecule has 1 aliphatic rings. The van der Waals surface area contributed by atoms with Crippen LogP contribution in [0.4, 0.5) is 0 Å². The first-order valence-corrected chi connectivity index (χ1v) is 6.45. The highest BCUT2D eigenvalue weighted by molar-refractivity contribution is 4.92. The van der Waals surface area contributed by atoms with E-state index < -0.39 is 0 Å². The van der Waals surface area contributed by atoms with Gasteiger partial charge in [-0.15, -0.1) is 0 Å². The van der Waals surface area contributed by atoms with E-state index >= 15 is 0 Å². The molecular formula is C13H24N4. The number of nitrogens with one attached hydrogen (secondary N) is 1. The van der Waals surface area contributed by atoms with Crippen LogP contribution in [0.5, 0.6) is 0 Å². The maximum atomic E-state index is 4.38. The van der Waals surface area contributed by atoms with Crippen LogP contribution in [0.2, 0.25) is 0 Å². The zero-order valence-electron chi connectivity index (χ0n) is 11.2. The first kappa shape index (κ1) is 12.6. The van der Waals surface area contributed by atoms with Gasteiger partial charge in [-0.1, -0.05) is 6.92 Å². The summed E-state index contributed by atoms with van der Waals surface area (Å²) in [7, 11) is 4.24. The van der Waals surface area contributed by atoms with Crippen LogP contribution in [0.1, 0.15) is 25.6 Å². The van der Waals surface area contributed by atoms with Crippen LogP contribution in [0.3, 0.4) is 0 Å². The van der Waals surface area contributed by atoms with Gasteiger partial charge in [0, 0.05) is 32.5 Å². The van der Waals surface area contributed by atoms with Crippen LogP contribution in [0.15, 0.2) is 12.4 Å². The summed E-state index contributed by atoms with van der Waals surface area (Å²) in [6.45, 7) is 6.76. The minimum Gasteiger partial charge on any atom is -0.337 e. The van der Waals surface area contributed by atoms with Crippen molar-refractivity contribution >= 4 is 0 Å². The van der Waals surface area contributed by atoms with Gasteiger partial charge < -0.3 is 9.88 Å². The molecule has 4 nitrogen and oxygen atoms in total. The Hall–Kier alpha value is -0.870. The quantitative estimate of drug-likeness (QED) is 0.854. The molecule has 0 aliphatic carbocycles. The average Bonchev–Trinajstić information content (AvgIpc) is 2.64. The van der Waals surface area contributed by atoms with Crippen molar-refractivity contribution in [1.82, 2.24) is 19.8 Å². The van der Waals surface area contributed by atoms with Crippen molar-refractivity contribution in [3.63, 3.8) is 0 Å².